The molecule has 0 radical (unpaired) electrons. The molecule has 3 nitrogen and oxygen atoms in total. The fraction of sp³-hybridized carbons (Fsp3) is 0.786. The van der Waals surface area contributed by atoms with Crippen LogP contribution in [0, 0.1) is 17.3 Å². The lowest BCUT2D eigenvalue weighted by atomic mass is 9.85. The third-order valence-electron chi connectivity index (χ3n) is 4.71. The lowest BCUT2D eigenvalue weighted by molar-refractivity contribution is -0.235. The van der Waals surface area contributed by atoms with Crippen molar-refractivity contribution in [2.24, 2.45) is 17.3 Å². The Morgan fingerprint density at radius 1 is 1.35 bits per heavy atom. The van der Waals surface area contributed by atoms with E-state index >= 15 is 0 Å². The summed E-state index contributed by atoms with van der Waals surface area (Å²) in [5.41, 5.74) is -0.904. The first-order valence-electron chi connectivity index (χ1n) is 6.39. The molecule has 0 aromatic rings. The minimum Gasteiger partial charge on any atom is -0.431 e. The summed E-state index contributed by atoms with van der Waals surface area (Å²) in [6, 6.07) is 0. The average Bonchev–Trinajstić information content (AvgIpc) is 2.80. The Morgan fingerprint density at radius 2 is 2.06 bits per heavy atom. The molecule has 1 saturated carbocycles. The molecule has 0 N–H and O–H groups in total. The van der Waals surface area contributed by atoms with Crippen molar-refractivity contribution in [1.82, 2.24) is 0 Å². The van der Waals surface area contributed by atoms with Crippen LogP contribution in [0.5, 0.6) is 0 Å². The molecule has 3 rings (SSSR count). The van der Waals surface area contributed by atoms with Crippen molar-refractivity contribution in [3.05, 3.63) is 12.2 Å². The maximum Gasteiger partial charge on any atom is 0.341 e. The maximum atomic E-state index is 12.3. The Kier molecular flexibility index (Phi) is 1.95. The summed E-state index contributed by atoms with van der Waals surface area (Å²) < 4.78 is 11.8. The van der Waals surface area contributed by atoms with E-state index in [0.717, 1.165) is 12.8 Å². The van der Waals surface area contributed by atoms with Crippen molar-refractivity contribution in [3.63, 3.8) is 0 Å². The summed E-state index contributed by atoms with van der Waals surface area (Å²) in [7, 11) is 0. The molecule has 3 aliphatic rings. The van der Waals surface area contributed by atoms with E-state index in [-0.39, 0.29) is 17.3 Å². The lowest BCUT2D eigenvalue weighted by Gasteiger charge is -2.37. The molecular weight excluding hydrogens is 216 g/mol. The zero-order chi connectivity index (χ0) is 12.5. The monoisotopic (exact) mass is 236 g/mol. The van der Waals surface area contributed by atoms with Crippen LogP contribution in [0.3, 0.4) is 0 Å². The number of fused-ring (bicyclic) bond motifs is 3. The smallest absolute Gasteiger partial charge is 0.341 e. The molecule has 2 fully saturated rings. The highest BCUT2D eigenvalue weighted by Crippen LogP contribution is 2.56. The highest BCUT2D eigenvalue weighted by Gasteiger charge is 2.66. The van der Waals surface area contributed by atoms with Crippen LogP contribution in [0.25, 0.3) is 0 Å². The molecule has 2 aliphatic carbocycles. The zero-order valence-electron chi connectivity index (χ0n) is 10.9. The Bertz CT molecular complexity index is 406. The van der Waals surface area contributed by atoms with Gasteiger partial charge < -0.3 is 9.47 Å². The molecule has 17 heavy (non-hydrogen) atoms. The second-order valence-electron chi connectivity index (χ2n) is 6.77. The van der Waals surface area contributed by atoms with Crippen LogP contribution in [0.1, 0.15) is 40.5 Å². The first-order valence-corrected chi connectivity index (χ1v) is 6.39. The van der Waals surface area contributed by atoms with Gasteiger partial charge in [-0.2, -0.15) is 0 Å². The average molecular weight is 236 g/mol. The Hall–Kier alpha value is -0.830. The van der Waals surface area contributed by atoms with Crippen LogP contribution in [0.15, 0.2) is 12.2 Å². The molecule has 0 aromatic carbocycles. The largest absolute Gasteiger partial charge is 0.431 e. The van der Waals surface area contributed by atoms with Crippen LogP contribution < -0.4 is 0 Å². The number of esters is 1. The predicted octanol–water partition coefficient (Wildman–Crippen LogP) is 2.66. The van der Waals surface area contributed by atoms with Crippen LogP contribution in [-0.2, 0) is 14.3 Å². The molecule has 2 unspecified atom stereocenters. The lowest BCUT2D eigenvalue weighted by Crippen LogP contribution is -2.45. The summed E-state index contributed by atoms with van der Waals surface area (Å²) in [6.07, 6.45) is 6.16. The number of ether oxygens (including phenoxy) is 2. The second kappa shape index (κ2) is 2.94. The van der Waals surface area contributed by atoms with Gasteiger partial charge >= 0.3 is 5.97 Å². The van der Waals surface area contributed by atoms with E-state index in [1.807, 2.05) is 27.7 Å². The zero-order valence-corrected chi connectivity index (χ0v) is 10.9. The number of allylic oxidation sites excluding steroid dienone is 1. The van der Waals surface area contributed by atoms with Gasteiger partial charge in [0.15, 0.2) is 5.60 Å². The standard InChI is InChI=1S/C14H20O3/c1-12(2,3)13(4)16-11(15)14(17-13)8-9-5-6-10(14)7-9/h5-6,9-10H,7-8H2,1-4H3/t9-,10+,13?,14?/m1/s1. The predicted molar refractivity (Wildman–Crippen MR) is 63.1 cm³/mol. The Morgan fingerprint density at radius 3 is 2.47 bits per heavy atom. The molecule has 1 saturated heterocycles. The van der Waals surface area contributed by atoms with Crippen molar-refractivity contribution < 1.29 is 14.3 Å². The summed E-state index contributed by atoms with van der Waals surface area (Å²) in [4.78, 5) is 12.3. The normalized spacial score (nSPS) is 48.1. The fourth-order valence-corrected chi connectivity index (χ4v) is 3.14. The van der Waals surface area contributed by atoms with Gasteiger partial charge in [-0.15, -0.1) is 0 Å². The van der Waals surface area contributed by atoms with E-state index in [1.54, 1.807) is 0 Å². The van der Waals surface area contributed by atoms with Gasteiger partial charge in [0, 0.05) is 18.3 Å². The van der Waals surface area contributed by atoms with E-state index in [1.165, 1.54) is 0 Å². The molecule has 1 spiro atoms. The summed E-state index contributed by atoms with van der Waals surface area (Å²) in [5, 5.41) is 0. The summed E-state index contributed by atoms with van der Waals surface area (Å²) in [5.74, 6) is -0.256. The molecule has 0 aromatic heterocycles. The van der Waals surface area contributed by atoms with E-state index in [0.29, 0.717) is 5.92 Å². The van der Waals surface area contributed by atoms with E-state index < -0.39 is 11.4 Å². The van der Waals surface area contributed by atoms with Gasteiger partial charge in [0.05, 0.1) is 0 Å². The number of cyclic esters (lactones) is 1. The van der Waals surface area contributed by atoms with Crippen molar-refractivity contribution >= 4 is 5.97 Å². The molecular formula is C14H20O3. The van der Waals surface area contributed by atoms with Crippen molar-refractivity contribution in [2.75, 3.05) is 0 Å². The van der Waals surface area contributed by atoms with Crippen LogP contribution in [0.4, 0.5) is 0 Å². The number of rotatable bonds is 0. The van der Waals surface area contributed by atoms with Crippen molar-refractivity contribution in [2.45, 2.75) is 51.9 Å². The van der Waals surface area contributed by atoms with Gasteiger partial charge in [-0.3, -0.25) is 0 Å². The number of hydrogen-bond donors (Lipinski definition) is 0. The maximum absolute atomic E-state index is 12.3. The molecule has 1 heterocycles. The first-order chi connectivity index (χ1) is 7.77. The SMILES string of the molecule is CC(C)(C)C1(C)OC(=O)C2(C[C@@H]3C=C[C@H]2C3)O1. The number of carbonyl (C=O) groups is 1. The minimum atomic E-state index is -0.803. The quantitative estimate of drug-likeness (QED) is 0.479. The van der Waals surface area contributed by atoms with Crippen LogP contribution >= 0.6 is 0 Å². The third-order valence-corrected chi connectivity index (χ3v) is 4.71. The van der Waals surface area contributed by atoms with E-state index in [9.17, 15) is 4.79 Å². The van der Waals surface area contributed by atoms with Crippen LogP contribution in [-0.4, -0.2) is 17.4 Å². The molecule has 3 heteroatoms. The molecule has 0 amide bonds. The van der Waals surface area contributed by atoms with Gasteiger partial charge in [0.2, 0.25) is 5.79 Å². The number of carbonyl (C=O) groups excluding carboxylic acids is 1. The highest BCUT2D eigenvalue weighted by atomic mass is 16.8. The molecule has 4 atom stereocenters. The van der Waals surface area contributed by atoms with E-state index in [2.05, 4.69) is 12.2 Å². The second-order valence-corrected chi connectivity index (χ2v) is 6.77. The van der Waals surface area contributed by atoms with Crippen molar-refractivity contribution in [1.29, 1.82) is 0 Å². The van der Waals surface area contributed by atoms with Gasteiger partial charge in [0.1, 0.15) is 0 Å². The van der Waals surface area contributed by atoms with E-state index in [4.69, 9.17) is 9.47 Å². The van der Waals surface area contributed by atoms with Gasteiger partial charge in [-0.25, -0.2) is 4.79 Å². The summed E-state index contributed by atoms with van der Waals surface area (Å²) in [6.45, 7) is 8.02. The summed E-state index contributed by atoms with van der Waals surface area (Å²) >= 11 is 0. The van der Waals surface area contributed by atoms with Crippen LogP contribution in [0.2, 0.25) is 0 Å². The van der Waals surface area contributed by atoms with Gasteiger partial charge in [-0.1, -0.05) is 32.9 Å². The molecule has 2 bridgehead atoms. The molecule has 94 valence electrons. The topological polar surface area (TPSA) is 35.5 Å². The number of hydrogen-bond acceptors (Lipinski definition) is 3. The Labute approximate surface area is 102 Å². The minimum absolute atomic E-state index is 0.160. The fourth-order valence-electron chi connectivity index (χ4n) is 3.14. The highest BCUT2D eigenvalue weighted by molar-refractivity contribution is 5.83. The Balaban J connectivity index is 1.96. The van der Waals surface area contributed by atoms with Crippen molar-refractivity contribution in [3.8, 4) is 0 Å². The van der Waals surface area contributed by atoms with Gasteiger partial charge in [0.25, 0.3) is 0 Å². The third kappa shape index (κ3) is 1.29. The van der Waals surface area contributed by atoms with Gasteiger partial charge in [-0.05, 0) is 18.8 Å². The molecule has 1 aliphatic heterocycles. The first kappa shape index (κ1) is 11.3.